The van der Waals surface area contributed by atoms with Gasteiger partial charge in [0.1, 0.15) is 5.76 Å². The first kappa shape index (κ1) is 18.4. The van der Waals surface area contributed by atoms with Crippen molar-refractivity contribution in [3.8, 4) is 22.3 Å². The molecule has 0 bridgehead atoms. The number of aromatic nitrogens is 5. The molecule has 0 saturated heterocycles. The number of nitrogens with zero attached hydrogens (tertiary/aromatic N) is 5. The average Bonchev–Trinajstić information content (AvgIpc) is 3.26. The van der Waals surface area contributed by atoms with Gasteiger partial charge in [-0.15, -0.1) is 0 Å². The number of fused-ring (bicyclic) bond motifs is 1. The highest BCUT2D eigenvalue weighted by atomic mass is 19.3. The van der Waals surface area contributed by atoms with Gasteiger partial charge in [0.05, 0.1) is 31.7 Å². The number of halogens is 2. The number of aryl methyl sites for hydroxylation is 2. The van der Waals surface area contributed by atoms with Crippen LogP contribution in [-0.2, 0) is 6.50 Å². The molecule has 4 aromatic heterocycles. The summed E-state index contributed by atoms with van der Waals surface area (Å²) < 4.78 is 54.7. The monoisotopic (exact) mass is 453 g/mol. The molecule has 4 heterocycles. The molecule has 6 rings (SSSR count). The lowest BCUT2D eigenvalue weighted by Gasteiger charge is -2.28. The minimum Gasteiger partial charge on any atom is -0.361 e. The maximum absolute atomic E-state index is 13.8. The van der Waals surface area contributed by atoms with Gasteiger partial charge in [-0.25, -0.2) is 8.78 Å². The summed E-state index contributed by atoms with van der Waals surface area (Å²) in [4.78, 5) is 4.75. The van der Waals surface area contributed by atoms with Gasteiger partial charge in [0.2, 0.25) is 5.92 Å². The smallest absolute Gasteiger partial charge is 0.248 e. The Morgan fingerprint density at radius 2 is 1.91 bits per heavy atom. The van der Waals surface area contributed by atoms with E-state index in [1.54, 1.807) is 23.2 Å². The lowest BCUT2D eigenvalue weighted by atomic mass is 9.87. The number of pyridine rings is 1. The predicted molar refractivity (Wildman–Crippen MR) is 121 cm³/mol. The molecule has 2 fully saturated rings. The number of alkyl halides is 2. The van der Waals surface area contributed by atoms with Crippen molar-refractivity contribution in [1.29, 1.82) is 0 Å². The second kappa shape index (κ2) is 7.50. The van der Waals surface area contributed by atoms with Crippen molar-refractivity contribution >= 4 is 11.0 Å². The summed E-state index contributed by atoms with van der Waals surface area (Å²) in [6.07, 6.45) is 9.20. The summed E-state index contributed by atoms with van der Waals surface area (Å²) in [6.45, 7) is 1.82. The Morgan fingerprint density at radius 3 is 2.61 bits per heavy atom. The van der Waals surface area contributed by atoms with Gasteiger partial charge in [0.15, 0.2) is 0 Å². The van der Waals surface area contributed by atoms with Crippen LogP contribution < -0.4 is 0 Å². The topological polar surface area (TPSA) is 61.7 Å². The van der Waals surface area contributed by atoms with Gasteiger partial charge >= 0.3 is 0 Å². The summed E-state index contributed by atoms with van der Waals surface area (Å²) in [5, 5.41) is 8.54. The molecule has 4 aromatic rings. The molecule has 8 heteroatoms. The predicted octanol–water partition coefficient (Wildman–Crippen LogP) is 6.33. The molecule has 2 saturated carbocycles. The Bertz CT molecular complexity index is 1390. The maximum atomic E-state index is 13.8. The summed E-state index contributed by atoms with van der Waals surface area (Å²) >= 11 is 0. The fraction of sp³-hybridized carbons (Fsp3) is 0.480. The van der Waals surface area contributed by atoms with Crippen LogP contribution in [0.15, 0.2) is 35.4 Å². The van der Waals surface area contributed by atoms with Gasteiger partial charge < -0.3 is 9.09 Å². The van der Waals surface area contributed by atoms with Crippen LogP contribution in [0.2, 0.25) is 0 Å². The van der Waals surface area contributed by atoms with Crippen molar-refractivity contribution in [2.75, 3.05) is 0 Å². The van der Waals surface area contributed by atoms with Gasteiger partial charge in [0.25, 0.3) is 0 Å². The highest BCUT2D eigenvalue weighted by Crippen LogP contribution is 2.40. The van der Waals surface area contributed by atoms with E-state index in [0.29, 0.717) is 22.8 Å². The van der Waals surface area contributed by atoms with Gasteiger partial charge in [-0.3, -0.25) is 9.67 Å². The molecule has 6 nitrogen and oxygen atoms in total. The Balaban J connectivity index is 1.50. The van der Waals surface area contributed by atoms with Crippen LogP contribution >= 0.6 is 0 Å². The van der Waals surface area contributed by atoms with Crippen molar-refractivity contribution in [3.05, 3.63) is 42.3 Å². The lowest BCUT2D eigenvalue weighted by molar-refractivity contribution is -0.0472. The summed E-state index contributed by atoms with van der Waals surface area (Å²) in [7, 11) is 0. The third-order valence-electron chi connectivity index (χ3n) is 6.83. The molecule has 0 unspecified atom stereocenters. The molecule has 33 heavy (non-hydrogen) atoms. The normalized spacial score (nSPS) is 20.2. The van der Waals surface area contributed by atoms with E-state index in [-0.39, 0.29) is 25.7 Å². The summed E-state index contributed by atoms with van der Waals surface area (Å²) in [5.41, 5.74) is 5.24. The fourth-order valence-corrected chi connectivity index (χ4v) is 4.84. The third kappa shape index (κ3) is 3.75. The third-order valence-corrected chi connectivity index (χ3v) is 6.83. The molecule has 0 aromatic carbocycles. The van der Waals surface area contributed by atoms with Crippen LogP contribution in [0.4, 0.5) is 8.78 Å². The molecule has 0 radical (unpaired) electrons. The van der Waals surface area contributed by atoms with Crippen LogP contribution in [0.25, 0.3) is 33.3 Å². The first-order valence-corrected chi connectivity index (χ1v) is 11.5. The Labute approximate surface area is 193 Å². The maximum Gasteiger partial charge on any atom is 0.248 e. The highest BCUT2D eigenvalue weighted by molar-refractivity contribution is 5.94. The van der Waals surface area contributed by atoms with Crippen molar-refractivity contribution < 1.29 is 16.0 Å². The van der Waals surface area contributed by atoms with Crippen LogP contribution in [-0.4, -0.2) is 30.4 Å². The van der Waals surface area contributed by atoms with E-state index in [0.717, 1.165) is 40.8 Å². The standard InChI is InChI=1S/C25H27F2N5O/c1-15-23(16(2)33-30-15)18-9-22-24(28-10-18)21(19-11-29-32(13-19)20-3-4-20)14-31(22)12-17-5-7-25(26,27)8-6-17/h9-11,13-14,17,20H,3-8,12H2,1-2H3/i12D2. The molecule has 0 N–H and O–H groups in total. The van der Waals surface area contributed by atoms with E-state index < -0.39 is 18.3 Å². The van der Waals surface area contributed by atoms with Crippen LogP contribution in [0.3, 0.4) is 0 Å². The van der Waals surface area contributed by atoms with Crippen LogP contribution in [0.1, 0.15) is 58.8 Å². The highest BCUT2D eigenvalue weighted by Gasteiger charge is 2.35. The van der Waals surface area contributed by atoms with E-state index in [4.69, 9.17) is 12.2 Å². The largest absolute Gasteiger partial charge is 0.361 e. The van der Waals surface area contributed by atoms with Gasteiger partial charge in [-0.2, -0.15) is 5.10 Å². The first-order valence-electron chi connectivity index (χ1n) is 12.5. The van der Waals surface area contributed by atoms with E-state index >= 15 is 0 Å². The number of rotatable bonds is 5. The molecule has 0 atom stereocenters. The van der Waals surface area contributed by atoms with Crippen molar-refractivity contribution in [1.82, 2.24) is 24.5 Å². The zero-order valence-electron chi connectivity index (χ0n) is 20.7. The van der Waals surface area contributed by atoms with Crippen molar-refractivity contribution in [3.63, 3.8) is 0 Å². The van der Waals surface area contributed by atoms with Crippen molar-refractivity contribution in [2.45, 2.75) is 70.8 Å². The minimum absolute atomic E-state index is 0.131. The van der Waals surface area contributed by atoms with E-state index in [1.807, 2.05) is 30.8 Å². The Kier molecular flexibility index (Phi) is 4.18. The number of hydrogen-bond acceptors (Lipinski definition) is 4. The van der Waals surface area contributed by atoms with Gasteiger partial charge in [-0.1, -0.05) is 5.16 Å². The van der Waals surface area contributed by atoms with E-state index in [1.165, 1.54) is 0 Å². The molecule has 0 amide bonds. The van der Waals surface area contributed by atoms with Crippen molar-refractivity contribution in [2.24, 2.45) is 5.92 Å². The molecule has 172 valence electrons. The minimum atomic E-state index is -2.72. The average molecular weight is 454 g/mol. The first-order chi connectivity index (χ1) is 16.6. The molecule has 2 aliphatic rings. The molecule has 0 aliphatic heterocycles. The second-order valence-corrected chi connectivity index (χ2v) is 9.40. The molecule has 0 spiro atoms. The van der Waals surface area contributed by atoms with Gasteiger partial charge in [0, 0.05) is 60.2 Å². The summed E-state index contributed by atoms with van der Waals surface area (Å²) in [5.74, 6) is -2.58. The Hall–Kier alpha value is -3.03. The SMILES string of the molecule is [2H]C([2H])(C1CCC(F)(F)CC1)n1cc(-c2cnn(C3CC3)c2)c2ncc(-c3c(C)noc3C)cc21. The molecule has 2 aliphatic carbocycles. The lowest BCUT2D eigenvalue weighted by Crippen LogP contribution is -2.26. The van der Waals surface area contributed by atoms with Crippen LogP contribution in [0, 0.1) is 19.8 Å². The Morgan fingerprint density at radius 1 is 1.12 bits per heavy atom. The zero-order chi connectivity index (χ0) is 24.5. The quantitative estimate of drug-likeness (QED) is 0.354. The van der Waals surface area contributed by atoms with E-state index in [2.05, 4.69) is 10.3 Å². The van der Waals surface area contributed by atoms with E-state index in [9.17, 15) is 8.78 Å². The van der Waals surface area contributed by atoms with Gasteiger partial charge in [-0.05, 0) is 51.5 Å². The second-order valence-electron chi connectivity index (χ2n) is 9.40. The molecular formula is C25H27F2N5O. The van der Waals surface area contributed by atoms with Crippen LogP contribution in [0.5, 0.6) is 0 Å². The molecular weight excluding hydrogens is 424 g/mol. The number of hydrogen-bond donors (Lipinski definition) is 0. The summed E-state index contributed by atoms with van der Waals surface area (Å²) in [6, 6.07) is 2.32. The fourth-order valence-electron chi connectivity index (χ4n) is 4.84. The zero-order valence-corrected chi connectivity index (χ0v) is 18.7.